The molecule has 1 rings (SSSR count). The minimum atomic E-state index is -0.790. The second-order valence-corrected chi connectivity index (χ2v) is 4.86. The Balaban J connectivity index is 2.65. The molecule has 1 heterocycles. The normalized spacial score (nSPS) is 20.8. The van der Waals surface area contributed by atoms with Crippen LogP contribution in [0.5, 0.6) is 0 Å². The first kappa shape index (κ1) is 13.3. The maximum atomic E-state index is 11.7. The largest absolute Gasteiger partial charge is 0.444 e. The van der Waals surface area contributed by atoms with Crippen LogP contribution in [0.2, 0.25) is 0 Å². The third-order valence-electron chi connectivity index (χ3n) is 2.24. The number of hydrogen-bond donors (Lipinski definition) is 0. The molecule has 17 heavy (non-hydrogen) atoms. The average molecular weight is 240 g/mol. The Morgan fingerprint density at radius 2 is 2.24 bits per heavy atom. The van der Waals surface area contributed by atoms with Gasteiger partial charge in [-0.25, -0.2) is 4.79 Å². The van der Waals surface area contributed by atoms with Crippen LogP contribution in [-0.2, 0) is 9.53 Å². The molecule has 94 valence electrons. The number of rotatable bonds is 1. The summed E-state index contributed by atoms with van der Waals surface area (Å²) in [6, 6.07) is -0.790. The highest BCUT2D eigenvalue weighted by atomic mass is 16.6. The number of likely N-dealkylation sites (tertiary alicyclic amines) is 1. The monoisotopic (exact) mass is 240 g/mol. The molecule has 1 amide bonds. The van der Waals surface area contributed by atoms with Crippen LogP contribution in [0.1, 0.15) is 27.2 Å². The van der Waals surface area contributed by atoms with Crippen molar-refractivity contribution in [2.45, 2.75) is 38.8 Å². The van der Waals surface area contributed by atoms with Gasteiger partial charge in [-0.3, -0.25) is 4.79 Å². The highest BCUT2D eigenvalue weighted by molar-refractivity contribution is 5.86. The molecule has 0 aliphatic carbocycles. The molecule has 0 radical (unpaired) electrons. The van der Waals surface area contributed by atoms with Gasteiger partial charge in [0.2, 0.25) is 0 Å². The number of Topliss-reactive ketones (excluding diaryl/α,β-unsaturated/α-hetero) is 1. The standard InChI is InChI=1S/C10H16N4O3/c1-10(2,3)17-9(16)14-5-4-8(15)7(6-14)12-13-11/h7H,4-6H2,1-3H3. The number of ketones is 1. The van der Waals surface area contributed by atoms with Crippen molar-refractivity contribution in [3.8, 4) is 0 Å². The summed E-state index contributed by atoms with van der Waals surface area (Å²) in [7, 11) is 0. The number of nitrogens with zero attached hydrogens (tertiary/aromatic N) is 4. The first-order valence-corrected chi connectivity index (χ1v) is 5.38. The fourth-order valence-corrected chi connectivity index (χ4v) is 1.47. The summed E-state index contributed by atoms with van der Waals surface area (Å²) in [5, 5.41) is 3.38. The van der Waals surface area contributed by atoms with Crippen LogP contribution in [0.3, 0.4) is 0 Å². The van der Waals surface area contributed by atoms with Gasteiger partial charge in [-0.05, 0) is 26.3 Å². The Labute approximate surface area is 99.3 Å². The van der Waals surface area contributed by atoms with E-state index in [1.165, 1.54) is 4.90 Å². The second kappa shape index (κ2) is 5.05. The van der Waals surface area contributed by atoms with Gasteiger partial charge in [-0.15, -0.1) is 0 Å². The summed E-state index contributed by atoms with van der Waals surface area (Å²) in [6.45, 7) is 5.71. The minimum Gasteiger partial charge on any atom is -0.444 e. The topological polar surface area (TPSA) is 95.4 Å². The van der Waals surface area contributed by atoms with Gasteiger partial charge in [0.05, 0.1) is 0 Å². The Bertz CT molecular complexity index is 368. The smallest absolute Gasteiger partial charge is 0.410 e. The van der Waals surface area contributed by atoms with Gasteiger partial charge in [0.25, 0.3) is 0 Å². The van der Waals surface area contributed by atoms with Crippen LogP contribution in [0, 0.1) is 0 Å². The molecule has 7 heteroatoms. The van der Waals surface area contributed by atoms with Crippen molar-refractivity contribution < 1.29 is 14.3 Å². The molecular formula is C10H16N4O3. The third-order valence-corrected chi connectivity index (χ3v) is 2.24. The van der Waals surface area contributed by atoms with Crippen LogP contribution in [0.15, 0.2) is 5.11 Å². The SMILES string of the molecule is CC(C)(C)OC(=O)N1CCC(=O)C(N=[N+]=[N-])C1. The Morgan fingerprint density at radius 1 is 1.59 bits per heavy atom. The van der Waals surface area contributed by atoms with Crippen molar-refractivity contribution in [1.82, 2.24) is 4.90 Å². The van der Waals surface area contributed by atoms with Crippen LogP contribution < -0.4 is 0 Å². The van der Waals surface area contributed by atoms with Crippen LogP contribution in [0.4, 0.5) is 4.79 Å². The first-order chi connectivity index (χ1) is 7.83. The molecule has 1 unspecified atom stereocenters. The Hall–Kier alpha value is -1.75. The highest BCUT2D eigenvalue weighted by Crippen LogP contribution is 2.15. The number of carbonyl (C=O) groups excluding carboxylic acids is 2. The molecule has 0 N–H and O–H groups in total. The van der Waals surface area contributed by atoms with E-state index in [2.05, 4.69) is 10.0 Å². The molecule has 0 bridgehead atoms. The molecule has 0 saturated carbocycles. The summed E-state index contributed by atoms with van der Waals surface area (Å²) in [5.74, 6) is -0.136. The molecule has 1 aliphatic rings. The Kier molecular flexibility index (Phi) is 3.96. The summed E-state index contributed by atoms with van der Waals surface area (Å²) >= 11 is 0. The molecule has 7 nitrogen and oxygen atoms in total. The van der Waals surface area contributed by atoms with Crippen molar-refractivity contribution in [1.29, 1.82) is 0 Å². The lowest BCUT2D eigenvalue weighted by Gasteiger charge is -2.31. The maximum absolute atomic E-state index is 11.7. The fourth-order valence-electron chi connectivity index (χ4n) is 1.47. The molecule has 1 atom stereocenters. The van der Waals surface area contributed by atoms with Crippen molar-refractivity contribution >= 4 is 11.9 Å². The number of amides is 1. The van der Waals surface area contributed by atoms with Crippen molar-refractivity contribution in [2.24, 2.45) is 5.11 Å². The summed E-state index contributed by atoms with van der Waals surface area (Å²) < 4.78 is 5.18. The third kappa shape index (κ3) is 3.96. The molecule has 0 aromatic heterocycles. The van der Waals surface area contributed by atoms with Gasteiger partial charge in [-0.2, -0.15) is 0 Å². The van der Waals surface area contributed by atoms with Crippen molar-refractivity contribution in [3.05, 3.63) is 10.4 Å². The number of carbonyl (C=O) groups is 2. The van der Waals surface area contributed by atoms with E-state index in [9.17, 15) is 9.59 Å². The zero-order chi connectivity index (χ0) is 13.1. The lowest BCUT2D eigenvalue weighted by atomic mass is 10.1. The van der Waals surface area contributed by atoms with E-state index in [1.54, 1.807) is 20.8 Å². The van der Waals surface area contributed by atoms with Gasteiger partial charge < -0.3 is 9.64 Å². The van der Waals surface area contributed by atoms with E-state index < -0.39 is 17.7 Å². The molecule has 1 aliphatic heterocycles. The van der Waals surface area contributed by atoms with E-state index in [0.717, 1.165) is 0 Å². The lowest BCUT2D eigenvalue weighted by Crippen LogP contribution is -2.47. The van der Waals surface area contributed by atoms with E-state index in [0.29, 0.717) is 6.54 Å². The van der Waals surface area contributed by atoms with E-state index in [1.807, 2.05) is 0 Å². The van der Waals surface area contributed by atoms with Gasteiger partial charge in [0, 0.05) is 24.4 Å². The number of piperidine rings is 1. The van der Waals surface area contributed by atoms with Gasteiger partial charge in [-0.1, -0.05) is 5.11 Å². The summed E-state index contributed by atoms with van der Waals surface area (Å²) in [5.41, 5.74) is 7.74. The zero-order valence-electron chi connectivity index (χ0n) is 10.2. The second-order valence-electron chi connectivity index (χ2n) is 4.86. The van der Waals surface area contributed by atoms with Crippen LogP contribution in [-0.4, -0.2) is 41.5 Å². The van der Waals surface area contributed by atoms with Gasteiger partial charge in [0.15, 0.2) is 0 Å². The van der Waals surface area contributed by atoms with Gasteiger partial charge >= 0.3 is 6.09 Å². The molecule has 1 fully saturated rings. The summed E-state index contributed by atoms with van der Waals surface area (Å²) in [4.78, 5) is 27.1. The zero-order valence-corrected chi connectivity index (χ0v) is 10.2. The average Bonchev–Trinajstić information content (AvgIpc) is 2.19. The molecule has 0 aromatic rings. The van der Waals surface area contributed by atoms with Gasteiger partial charge in [0.1, 0.15) is 17.4 Å². The maximum Gasteiger partial charge on any atom is 0.410 e. The lowest BCUT2D eigenvalue weighted by molar-refractivity contribution is -0.122. The number of ether oxygens (including phenoxy) is 1. The number of azide groups is 1. The Morgan fingerprint density at radius 3 is 2.76 bits per heavy atom. The quantitative estimate of drug-likeness (QED) is 0.397. The van der Waals surface area contributed by atoms with E-state index in [4.69, 9.17) is 10.3 Å². The molecule has 0 spiro atoms. The molecule has 1 saturated heterocycles. The minimum absolute atomic E-state index is 0.0950. The predicted molar refractivity (Wildman–Crippen MR) is 60.4 cm³/mol. The first-order valence-electron chi connectivity index (χ1n) is 5.38. The predicted octanol–water partition coefficient (Wildman–Crippen LogP) is 1.88. The molecular weight excluding hydrogens is 224 g/mol. The van der Waals surface area contributed by atoms with Crippen LogP contribution >= 0.6 is 0 Å². The highest BCUT2D eigenvalue weighted by Gasteiger charge is 2.31. The van der Waals surface area contributed by atoms with E-state index in [-0.39, 0.29) is 18.7 Å². The summed E-state index contributed by atoms with van der Waals surface area (Å²) in [6.07, 6.45) is -0.286. The van der Waals surface area contributed by atoms with Crippen LogP contribution in [0.25, 0.3) is 10.4 Å². The fraction of sp³-hybridized carbons (Fsp3) is 0.800. The molecule has 0 aromatic carbocycles. The van der Waals surface area contributed by atoms with Crippen molar-refractivity contribution in [2.75, 3.05) is 13.1 Å². The number of hydrogen-bond acceptors (Lipinski definition) is 4. The van der Waals surface area contributed by atoms with Crippen molar-refractivity contribution in [3.63, 3.8) is 0 Å². The van der Waals surface area contributed by atoms with E-state index >= 15 is 0 Å².